The molecule has 1 aliphatic carbocycles. The Balaban J connectivity index is 1.98. The lowest BCUT2D eigenvalue weighted by molar-refractivity contribution is 0.453. The van der Waals surface area contributed by atoms with E-state index in [-0.39, 0.29) is 5.02 Å². The quantitative estimate of drug-likeness (QED) is 0.915. The molecule has 1 heterocycles. The van der Waals surface area contributed by atoms with Crippen LogP contribution in [0.5, 0.6) is 11.6 Å². The van der Waals surface area contributed by atoms with Crippen molar-refractivity contribution >= 4 is 17.4 Å². The first kappa shape index (κ1) is 14.1. The average Bonchev–Trinajstić information content (AvgIpc) is 3.28. The van der Waals surface area contributed by atoms with E-state index in [9.17, 15) is 4.39 Å². The van der Waals surface area contributed by atoms with Gasteiger partial charge in [0.15, 0.2) is 0 Å². The van der Waals surface area contributed by atoms with Gasteiger partial charge in [-0.3, -0.25) is 0 Å². The molecule has 1 saturated carbocycles. The van der Waals surface area contributed by atoms with Crippen LogP contribution in [0.1, 0.15) is 30.1 Å². The second-order valence-corrected chi connectivity index (χ2v) is 5.47. The molecule has 1 aliphatic rings. The minimum absolute atomic E-state index is 0.215. The highest BCUT2D eigenvalue weighted by atomic mass is 35.5. The molecule has 0 saturated heterocycles. The predicted octanol–water partition coefficient (Wildman–Crippen LogP) is 4.29. The van der Waals surface area contributed by atoms with E-state index in [1.807, 2.05) is 6.92 Å². The van der Waals surface area contributed by atoms with Crippen LogP contribution >= 0.6 is 11.6 Å². The van der Waals surface area contributed by atoms with E-state index in [0.717, 1.165) is 30.0 Å². The molecule has 0 spiro atoms. The summed E-state index contributed by atoms with van der Waals surface area (Å²) >= 11 is 6.00. The molecule has 0 bridgehead atoms. The molecule has 0 atom stereocenters. The zero-order valence-electron chi connectivity index (χ0n) is 11.8. The van der Waals surface area contributed by atoms with Crippen molar-refractivity contribution in [2.75, 3.05) is 12.4 Å². The van der Waals surface area contributed by atoms with Crippen molar-refractivity contribution in [3.05, 3.63) is 40.4 Å². The summed E-state index contributed by atoms with van der Waals surface area (Å²) in [6.07, 6.45) is 2.20. The molecule has 3 rings (SSSR count). The van der Waals surface area contributed by atoms with Crippen LogP contribution in [0.25, 0.3) is 0 Å². The lowest BCUT2D eigenvalue weighted by atomic mass is 10.3. The molecule has 21 heavy (non-hydrogen) atoms. The monoisotopic (exact) mass is 307 g/mol. The van der Waals surface area contributed by atoms with Crippen LogP contribution in [-0.4, -0.2) is 17.0 Å². The van der Waals surface area contributed by atoms with E-state index in [2.05, 4.69) is 15.3 Å². The Labute approximate surface area is 127 Å². The fourth-order valence-corrected chi connectivity index (χ4v) is 2.25. The summed E-state index contributed by atoms with van der Waals surface area (Å²) in [5.74, 6) is 2.34. The van der Waals surface area contributed by atoms with E-state index >= 15 is 0 Å². The third-order valence-corrected chi connectivity index (χ3v) is 3.69. The topological polar surface area (TPSA) is 47.0 Å². The van der Waals surface area contributed by atoms with Crippen LogP contribution in [0, 0.1) is 12.7 Å². The summed E-state index contributed by atoms with van der Waals surface area (Å²) in [7, 11) is 1.81. The zero-order valence-corrected chi connectivity index (χ0v) is 12.5. The number of hydrogen-bond acceptors (Lipinski definition) is 4. The van der Waals surface area contributed by atoms with Gasteiger partial charge in [0, 0.05) is 13.0 Å². The van der Waals surface area contributed by atoms with Crippen molar-refractivity contribution in [3.63, 3.8) is 0 Å². The third-order valence-electron chi connectivity index (χ3n) is 3.40. The summed E-state index contributed by atoms with van der Waals surface area (Å²) in [4.78, 5) is 8.97. The van der Waals surface area contributed by atoms with Gasteiger partial charge in [0.2, 0.25) is 5.88 Å². The number of halogens is 2. The normalized spacial score (nSPS) is 14.1. The van der Waals surface area contributed by atoms with E-state index in [1.165, 1.54) is 18.2 Å². The minimum Gasteiger partial charge on any atom is -0.437 e. The maximum atomic E-state index is 13.1. The van der Waals surface area contributed by atoms with Gasteiger partial charge >= 0.3 is 0 Å². The second-order valence-electron chi connectivity index (χ2n) is 5.06. The van der Waals surface area contributed by atoms with Crippen molar-refractivity contribution < 1.29 is 9.13 Å². The van der Waals surface area contributed by atoms with Gasteiger partial charge in [-0.1, -0.05) is 11.6 Å². The van der Waals surface area contributed by atoms with Gasteiger partial charge in [-0.2, -0.15) is 4.98 Å². The molecule has 0 aliphatic heterocycles. The van der Waals surface area contributed by atoms with Gasteiger partial charge in [-0.25, -0.2) is 9.37 Å². The molecule has 0 unspecified atom stereocenters. The molecule has 0 amide bonds. The minimum atomic E-state index is -0.402. The maximum Gasteiger partial charge on any atom is 0.227 e. The number of nitrogens with zero attached hydrogens (tertiary/aromatic N) is 2. The Bertz CT molecular complexity index is 689. The third kappa shape index (κ3) is 2.93. The van der Waals surface area contributed by atoms with Crippen molar-refractivity contribution in [1.82, 2.24) is 9.97 Å². The SMILES string of the molecule is CNc1nc(C2CC2)nc(Oc2ccc(F)cc2Cl)c1C. The Morgan fingerprint density at radius 3 is 2.71 bits per heavy atom. The number of rotatable bonds is 4. The van der Waals surface area contributed by atoms with E-state index in [4.69, 9.17) is 16.3 Å². The number of hydrogen-bond donors (Lipinski definition) is 1. The van der Waals surface area contributed by atoms with Crippen LogP contribution in [0.3, 0.4) is 0 Å². The number of benzene rings is 1. The Hall–Kier alpha value is -1.88. The molecule has 4 nitrogen and oxygen atoms in total. The van der Waals surface area contributed by atoms with E-state index in [0.29, 0.717) is 17.5 Å². The molecule has 2 aromatic rings. The largest absolute Gasteiger partial charge is 0.437 e. The van der Waals surface area contributed by atoms with E-state index in [1.54, 1.807) is 7.05 Å². The number of aromatic nitrogens is 2. The molecule has 1 aromatic carbocycles. The highest BCUT2D eigenvalue weighted by Crippen LogP contribution is 2.40. The summed E-state index contributed by atoms with van der Waals surface area (Å²) in [6.45, 7) is 1.87. The molecule has 6 heteroatoms. The van der Waals surface area contributed by atoms with Gasteiger partial charge < -0.3 is 10.1 Å². The first-order valence-corrected chi connectivity index (χ1v) is 7.15. The van der Waals surface area contributed by atoms with Gasteiger partial charge in [0.1, 0.15) is 23.2 Å². The maximum absolute atomic E-state index is 13.1. The van der Waals surface area contributed by atoms with Crippen LogP contribution < -0.4 is 10.1 Å². The summed E-state index contributed by atoms with van der Waals surface area (Å²) in [5, 5.41) is 3.26. The highest BCUT2D eigenvalue weighted by Gasteiger charge is 2.28. The Morgan fingerprint density at radius 2 is 2.10 bits per heavy atom. The first-order valence-electron chi connectivity index (χ1n) is 6.77. The highest BCUT2D eigenvalue weighted by molar-refractivity contribution is 6.32. The van der Waals surface area contributed by atoms with Crippen LogP contribution in [0.2, 0.25) is 5.02 Å². The smallest absolute Gasteiger partial charge is 0.227 e. The number of ether oxygens (including phenoxy) is 1. The van der Waals surface area contributed by atoms with Crippen molar-refractivity contribution in [2.24, 2.45) is 0 Å². The predicted molar refractivity (Wildman–Crippen MR) is 79.8 cm³/mol. The number of anilines is 1. The van der Waals surface area contributed by atoms with Crippen LogP contribution in [0.4, 0.5) is 10.2 Å². The standard InChI is InChI=1S/C15H15ClFN3O/c1-8-13(18-2)19-14(9-3-4-9)20-15(8)21-12-6-5-10(17)7-11(12)16/h5-7,9H,3-4H2,1-2H3,(H,18,19,20). The lowest BCUT2D eigenvalue weighted by Gasteiger charge is -2.13. The van der Waals surface area contributed by atoms with Crippen molar-refractivity contribution in [2.45, 2.75) is 25.7 Å². The van der Waals surface area contributed by atoms with E-state index < -0.39 is 5.82 Å². The van der Waals surface area contributed by atoms with Crippen LogP contribution in [-0.2, 0) is 0 Å². The first-order chi connectivity index (χ1) is 10.1. The fourth-order valence-electron chi connectivity index (χ4n) is 2.04. The summed E-state index contributed by atoms with van der Waals surface area (Å²) in [6, 6.07) is 4.02. The van der Waals surface area contributed by atoms with Gasteiger partial charge in [0.25, 0.3) is 0 Å². The second kappa shape index (κ2) is 5.48. The Kier molecular flexibility index (Phi) is 3.68. The summed E-state index contributed by atoms with van der Waals surface area (Å²) < 4.78 is 18.9. The molecule has 110 valence electrons. The molecule has 1 aromatic heterocycles. The van der Waals surface area contributed by atoms with Gasteiger partial charge in [0.05, 0.1) is 10.6 Å². The van der Waals surface area contributed by atoms with Crippen molar-refractivity contribution in [3.8, 4) is 11.6 Å². The molecular weight excluding hydrogens is 293 g/mol. The molecule has 0 radical (unpaired) electrons. The van der Waals surface area contributed by atoms with Crippen LogP contribution in [0.15, 0.2) is 18.2 Å². The lowest BCUT2D eigenvalue weighted by Crippen LogP contribution is -2.04. The van der Waals surface area contributed by atoms with Gasteiger partial charge in [-0.15, -0.1) is 0 Å². The molecule has 1 fully saturated rings. The van der Waals surface area contributed by atoms with Crippen molar-refractivity contribution in [1.29, 1.82) is 0 Å². The summed E-state index contributed by atoms with van der Waals surface area (Å²) in [5.41, 5.74) is 0.794. The fraction of sp³-hybridized carbons (Fsp3) is 0.333. The Morgan fingerprint density at radius 1 is 1.33 bits per heavy atom. The number of nitrogens with one attached hydrogen (secondary N) is 1. The zero-order chi connectivity index (χ0) is 15.0. The van der Waals surface area contributed by atoms with Gasteiger partial charge in [-0.05, 0) is 38.0 Å². The molecule has 1 N–H and O–H groups in total. The molecular formula is C15H15ClFN3O. The average molecular weight is 308 g/mol.